The minimum Gasteiger partial charge on any atom is -0.388 e. The second kappa shape index (κ2) is 5.61. The third kappa shape index (κ3) is 3.38. The monoisotopic (exact) mass is 262 g/mol. The molecule has 4 heteroatoms. The number of aliphatic hydroxyl groups is 1. The van der Waals surface area contributed by atoms with Gasteiger partial charge in [-0.3, -0.25) is 0 Å². The molecule has 1 aromatic carbocycles. The van der Waals surface area contributed by atoms with Crippen LogP contribution >= 0.6 is 11.3 Å². The van der Waals surface area contributed by atoms with Crippen molar-refractivity contribution in [3.05, 3.63) is 40.7 Å². The Balaban J connectivity index is 2.12. The van der Waals surface area contributed by atoms with E-state index in [4.69, 9.17) is 0 Å². The zero-order chi connectivity index (χ0) is 13.0. The molecule has 0 saturated heterocycles. The predicted octanol–water partition coefficient (Wildman–Crippen LogP) is 2.32. The molecule has 0 saturated carbocycles. The third-order valence-electron chi connectivity index (χ3n) is 2.71. The smallest absolute Gasteiger partial charge is 0.0961 e. The molecule has 0 bridgehead atoms. The maximum atomic E-state index is 10.2. The fraction of sp³-hybridized carbons (Fsp3) is 0.357. The molecule has 0 aliphatic heterocycles. The third-order valence-corrected chi connectivity index (χ3v) is 3.56. The van der Waals surface area contributed by atoms with Gasteiger partial charge < -0.3 is 10.4 Å². The van der Waals surface area contributed by atoms with Crippen molar-refractivity contribution < 1.29 is 5.11 Å². The van der Waals surface area contributed by atoms with Crippen LogP contribution in [0.15, 0.2) is 35.7 Å². The van der Waals surface area contributed by atoms with Crippen LogP contribution in [-0.2, 0) is 6.42 Å². The topological polar surface area (TPSA) is 45.1 Å². The summed E-state index contributed by atoms with van der Waals surface area (Å²) in [6.45, 7) is 2.39. The lowest BCUT2D eigenvalue weighted by molar-refractivity contribution is 0.0622. The van der Waals surface area contributed by atoms with Gasteiger partial charge in [-0.1, -0.05) is 30.3 Å². The second-order valence-corrected chi connectivity index (χ2v) is 5.64. The van der Waals surface area contributed by atoms with Crippen LogP contribution in [0.25, 0.3) is 11.3 Å². The van der Waals surface area contributed by atoms with E-state index in [1.165, 1.54) is 0 Å². The SMILES string of the molecule is CNCC(C)(O)Cc1nc(-c2ccccc2)cs1. The molecule has 0 fully saturated rings. The standard InChI is InChI=1S/C14H18N2OS/c1-14(17,10-15-2)8-13-16-12(9-18-13)11-6-4-3-5-7-11/h3-7,9,15,17H,8,10H2,1-2H3. The van der Waals surface area contributed by atoms with E-state index in [1.807, 2.05) is 49.7 Å². The largest absolute Gasteiger partial charge is 0.388 e. The predicted molar refractivity (Wildman–Crippen MR) is 75.8 cm³/mol. The highest BCUT2D eigenvalue weighted by atomic mass is 32.1. The van der Waals surface area contributed by atoms with Crippen LogP contribution in [0.3, 0.4) is 0 Å². The van der Waals surface area contributed by atoms with Crippen LogP contribution in [0.1, 0.15) is 11.9 Å². The minimum atomic E-state index is -0.749. The van der Waals surface area contributed by atoms with E-state index < -0.39 is 5.60 Å². The Bertz CT molecular complexity index is 494. The van der Waals surface area contributed by atoms with Gasteiger partial charge in [0.05, 0.1) is 16.3 Å². The van der Waals surface area contributed by atoms with E-state index in [0.717, 1.165) is 16.3 Å². The first-order valence-electron chi connectivity index (χ1n) is 5.97. The molecule has 0 aliphatic carbocycles. The second-order valence-electron chi connectivity index (χ2n) is 4.70. The summed E-state index contributed by atoms with van der Waals surface area (Å²) >= 11 is 1.60. The zero-order valence-corrected chi connectivity index (χ0v) is 11.5. The van der Waals surface area contributed by atoms with Crippen molar-refractivity contribution in [3.8, 4) is 11.3 Å². The molecule has 1 aromatic heterocycles. The molecule has 0 spiro atoms. The summed E-state index contributed by atoms with van der Waals surface area (Å²) < 4.78 is 0. The Labute approximate surface area is 112 Å². The lowest BCUT2D eigenvalue weighted by Gasteiger charge is -2.21. The normalized spacial score (nSPS) is 14.4. The van der Waals surface area contributed by atoms with Crippen LogP contribution in [0, 0.1) is 0 Å². The van der Waals surface area contributed by atoms with E-state index >= 15 is 0 Å². The van der Waals surface area contributed by atoms with Gasteiger partial charge in [0.25, 0.3) is 0 Å². The van der Waals surface area contributed by atoms with Crippen LogP contribution in [0.5, 0.6) is 0 Å². The fourth-order valence-corrected chi connectivity index (χ4v) is 2.88. The van der Waals surface area contributed by atoms with Gasteiger partial charge in [0.2, 0.25) is 0 Å². The fourth-order valence-electron chi connectivity index (χ4n) is 1.90. The summed E-state index contributed by atoms with van der Waals surface area (Å²) in [5, 5.41) is 16.2. The molecular weight excluding hydrogens is 244 g/mol. The summed E-state index contributed by atoms with van der Waals surface area (Å²) in [6, 6.07) is 10.1. The van der Waals surface area contributed by atoms with Crippen molar-refractivity contribution in [2.45, 2.75) is 18.9 Å². The van der Waals surface area contributed by atoms with Crippen molar-refractivity contribution in [1.82, 2.24) is 10.3 Å². The quantitative estimate of drug-likeness (QED) is 0.869. The molecule has 0 radical (unpaired) electrons. The van der Waals surface area contributed by atoms with Crippen molar-refractivity contribution in [2.24, 2.45) is 0 Å². The molecule has 3 nitrogen and oxygen atoms in total. The van der Waals surface area contributed by atoms with Gasteiger partial charge in [-0.25, -0.2) is 4.98 Å². The number of hydrogen-bond acceptors (Lipinski definition) is 4. The molecule has 18 heavy (non-hydrogen) atoms. The number of rotatable bonds is 5. The molecule has 2 aromatic rings. The average molecular weight is 262 g/mol. The Morgan fingerprint density at radius 2 is 2.06 bits per heavy atom. The van der Waals surface area contributed by atoms with Gasteiger partial charge in [-0.15, -0.1) is 11.3 Å². The van der Waals surface area contributed by atoms with Crippen LogP contribution < -0.4 is 5.32 Å². The van der Waals surface area contributed by atoms with E-state index in [-0.39, 0.29) is 0 Å². The van der Waals surface area contributed by atoms with Gasteiger partial charge >= 0.3 is 0 Å². The lowest BCUT2D eigenvalue weighted by Crippen LogP contribution is -2.38. The number of nitrogens with one attached hydrogen (secondary N) is 1. The van der Waals surface area contributed by atoms with E-state index in [2.05, 4.69) is 10.3 Å². The number of benzene rings is 1. The Morgan fingerprint density at radius 1 is 1.33 bits per heavy atom. The highest BCUT2D eigenvalue weighted by Gasteiger charge is 2.21. The summed E-state index contributed by atoms with van der Waals surface area (Å²) in [7, 11) is 1.84. The number of likely N-dealkylation sites (N-methyl/N-ethyl adjacent to an activating group) is 1. The van der Waals surface area contributed by atoms with Crippen molar-refractivity contribution in [2.75, 3.05) is 13.6 Å². The number of thiazole rings is 1. The maximum Gasteiger partial charge on any atom is 0.0961 e. The highest BCUT2D eigenvalue weighted by molar-refractivity contribution is 7.09. The van der Waals surface area contributed by atoms with Gasteiger partial charge in [0.15, 0.2) is 0 Å². The summed E-state index contributed by atoms with van der Waals surface area (Å²) in [4.78, 5) is 4.58. The Hall–Kier alpha value is -1.23. The van der Waals surface area contributed by atoms with Crippen molar-refractivity contribution >= 4 is 11.3 Å². The lowest BCUT2D eigenvalue weighted by atomic mass is 10.0. The number of nitrogens with zero attached hydrogens (tertiary/aromatic N) is 1. The first-order valence-corrected chi connectivity index (χ1v) is 6.85. The summed E-state index contributed by atoms with van der Waals surface area (Å²) in [5.41, 5.74) is 1.35. The molecular formula is C14H18N2OS. The van der Waals surface area contributed by atoms with Gasteiger partial charge in [0, 0.05) is 23.9 Å². The average Bonchev–Trinajstić information content (AvgIpc) is 2.77. The molecule has 2 N–H and O–H groups in total. The van der Waals surface area contributed by atoms with Crippen LogP contribution in [-0.4, -0.2) is 29.3 Å². The summed E-state index contributed by atoms with van der Waals surface area (Å²) in [5.74, 6) is 0. The minimum absolute atomic E-state index is 0.563. The number of aromatic nitrogens is 1. The molecule has 1 atom stereocenters. The highest BCUT2D eigenvalue weighted by Crippen LogP contribution is 2.23. The molecule has 2 rings (SSSR count). The molecule has 96 valence electrons. The van der Waals surface area contributed by atoms with Gasteiger partial charge in [-0.2, -0.15) is 0 Å². The molecule has 0 aliphatic rings. The van der Waals surface area contributed by atoms with Crippen LogP contribution in [0.4, 0.5) is 0 Å². The van der Waals surface area contributed by atoms with Crippen LogP contribution in [0.2, 0.25) is 0 Å². The van der Waals surface area contributed by atoms with E-state index in [0.29, 0.717) is 13.0 Å². The molecule has 1 unspecified atom stereocenters. The number of hydrogen-bond donors (Lipinski definition) is 2. The summed E-state index contributed by atoms with van der Waals surface area (Å²) in [6.07, 6.45) is 0.575. The van der Waals surface area contributed by atoms with Gasteiger partial charge in [0.1, 0.15) is 0 Å². The van der Waals surface area contributed by atoms with Gasteiger partial charge in [-0.05, 0) is 14.0 Å². The zero-order valence-electron chi connectivity index (χ0n) is 10.7. The molecule has 0 amide bonds. The van der Waals surface area contributed by atoms with E-state index in [9.17, 15) is 5.11 Å². The van der Waals surface area contributed by atoms with E-state index in [1.54, 1.807) is 11.3 Å². The molecule has 1 heterocycles. The Kier molecular flexibility index (Phi) is 4.11. The van der Waals surface area contributed by atoms with Crippen molar-refractivity contribution in [1.29, 1.82) is 0 Å². The van der Waals surface area contributed by atoms with Crippen molar-refractivity contribution in [3.63, 3.8) is 0 Å². The maximum absolute atomic E-state index is 10.2. The first-order chi connectivity index (χ1) is 8.61. The Morgan fingerprint density at radius 3 is 2.72 bits per heavy atom. The first kappa shape index (κ1) is 13.2.